The van der Waals surface area contributed by atoms with Gasteiger partial charge in [0.05, 0.1) is 7.11 Å². The smallest absolute Gasteiger partial charge is 0.408 e. The van der Waals surface area contributed by atoms with E-state index in [0.717, 1.165) is 5.56 Å². The second-order valence-corrected chi connectivity index (χ2v) is 7.86. The summed E-state index contributed by atoms with van der Waals surface area (Å²) in [6.07, 6.45) is -0.722. The van der Waals surface area contributed by atoms with Crippen LogP contribution in [-0.2, 0) is 30.5 Å². The van der Waals surface area contributed by atoms with Crippen molar-refractivity contribution in [3.63, 3.8) is 0 Å². The SMILES string of the molecule is COC(=O)CNC(=O)[C@@H](C(C)C)N(C)C(=O)[C@H](NC(=O)OCc1ccccc1)C(C)C. The van der Waals surface area contributed by atoms with Crippen LogP contribution >= 0.6 is 0 Å². The van der Waals surface area contributed by atoms with Crippen LogP contribution in [0.25, 0.3) is 0 Å². The van der Waals surface area contributed by atoms with E-state index in [2.05, 4.69) is 15.4 Å². The summed E-state index contributed by atoms with van der Waals surface area (Å²) in [5.74, 6) is -1.98. The predicted molar refractivity (Wildman–Crippen MR) is 115 cm³/mol. The standard InChI is InChI=1S/C22H33N3O6/c1-14(2)18(24-22(29)31-13-16-10-8-7-9-11-16)21(28)25(5)19(15(3)4)20(27)23-12-17(26)30-6/h7-11,14-15,18-19H,12-13H2,1-6H3,(H,23,27)(H,24,29)/t18-,19-/m1/s1. The van der Waals surface area contributed by atoms with Crippen molar-refractivity contribution in [1.82, 2.24) is 15.5 Å². The van der Waals surface area contributed by atoms with E-state index in [0.29, 0.717) is 0 Å². The van der Waals surface area contributed by atoms with Crippen LogP contribution in [0.1, 0.15) is 33.3 Å². The van der Waals surface area contributed by atoms with Gasteiger partial charge in [-0.3, -0.25) is 14.4 Å². The van der Waals surface area contributed by atoms with Crippen molar-refractivity contribution in [2.75, 3.05) is 20.7 Å². The van der Waals surface area contributed by atoms with Gasteiger partial charge in [-0.2, -0.15) is 0 Å². The Hall–Kier alpha value is -3.10. The van der Waals surface area contributed by atoms with Gasteiger partial charge in [0.1, 0.15) is 25.2 Å². The number of carbonyl (C=O) groups is 4. The summed E-state index contributed by atoms with van der Waals surface area (Å²) in [6, 6.07) is 7.47. The molecule has 0 heterocycles. The number of nitrogens with one attached hydrogen (secondary N) is 2. The zero-order chi connectivity index (χ0) is 23.6. The van der Waals surface area contributed by atoms with Crippen LogP contribution < -0.4 is 10.6 Å². The summed E-state index contributed by atoms with van der Waals surface area (Å²) in [5, 5.41) is 5.08. The van der Waals surface area contributed by atoms with Crippen LogP contribution in [0.3, 0.4) is 0 Å². The molecule has 1 aromatic rings. The maximum atomic E-state index is 13.1. The van der Waals surface area contributed by atoms with Crippen LogP contribution in [0.4, 0.5) is 4.79 Å². The fraction of sp³-hybridized carbons (Fsp3) is 0.545. The van der Waals surface area contributed by atoms with Crippen molar-refractivity contribution in [3.8, 4) is 0 Å². The van der Waals surface area contributed by atoms with Crippen molar-refractivity contribution < 1.29 is 28.7 Å². The Morgan fingerprint density at radius 3 is 2.13 bits per heavy atom. The van der Waals surface area contributed by atoms with Crippen molar-refractivity contribution >= 4 is 23.9 Å². The number of methoxy groups -OCH3 is 1. The first-order valence-corrected chi connectivity index (χ1v) is 10.2. The van der Waals surface area contributed by atoms with Crippen molar-refractivity contribution in [2.45, 2.75) is 46.4 Å². The molecule has 0 saturated heterocycles. The molecule has 0 aliphatic carbocycles. The normalized spacial score (nSPS) is 12.6. The van der Waals surface area contributed by atoms with Gasteiger partial charge in [-0.05, 0) is 17.4 Å². The zero-order valence-corrected chi connectivity index (χ0v) is 19.0. The molecule has 1 rings (SSSR count). The van der Waals surface area contributed by atoms with Crippen molar-refractivity contribution in [3.05, 3.63) is 35.9 Å². The number of hydrogen-bond donors (Lipinski definition) is 2. The van der Waals surface area contributed by atoms with E-state index in [1.165, 1.54) is 19.1 Å². The molecule has 3 amide bonds. The van der Waals surface area contributed by atoms with Gasteiger partial charge >= 0.3 is 12.1 Å². The molecule has 2 N–H and O–H groups in total. The quantitative estimate of drug-likeness (QED) is 0.541. The number of esters is 1. The highest BCUT2D eigenvalue weighted by atomic mass is 16.5. The summed E-state index contributed by atoms with van der Waals surface area (Å²) in [7, 11) is 2.72. The summed E-state index contributed by atoms with van der Waals surface area (Å²) < 4.78 is 9.74. The second kappa shape index (κ2) is 12.6. The van der Waals surface area contributed by atoms with Crippen LogP contribution in [-0.4, -0.2) is 61.6 Å². The number of carbonyl (C=O) groups excluding carboxylic acids is 4. The molecule has 0 fully saturated rings. The molecule has 0 spiro atoms. The summed E-state index contributed by atoms with van der Waals surface area (Å²) in [4.78, 5) is 50.6. The molecule has 0 bridgehead atoms. The highest BCUT2D eigenvalue weighted by molar-refractivity contribution is 5.92. The lowest BCUT2D eigenvalue weighted by atomic mass is 9.98. The van der Waals surface area contributed by atoms with E-state index in [9.17, 15) is 19.2 Å². The van der Waals surface area contributed by atoms with Gasteiger partial charge in [0, 0.05) is 7.05 Å². The molecule has 9 nitrogen and oxygen atoms in total. The first-order chi connectivity index (χ1) is 14.6. The number of benzene rings is 1. The molecule has 9 heteroatoms. The van der Waals surface area contributed by atoms with Crippen LogP contribution in [0, 0.1) is 11.8 Å². The molecule has 0 aliphatic rings. The number of amides is 3. The number of alkyl carbamates (subject to hydrolysis) is 1. The van der Waals surface area contributed by atoms with Crippen molar-refractivity contribution in [2.24, 2.45) is 11.8 Å². The molecule has 0 aromatic heterocycles. The number of nitrogens with zero attached hydrogens (tertiary/aromatic N) is 1. The molecule has 0 saturated carbocycles. The fourth-order valence-electron chi connectivity index (χ4n) is 3.02. The van der Waals surface area contributed by atoms with Gasteiger partial charge < -0.3 is 25.0 Å². The van der Waals surface area contributed by atoms with Crippen LogP contribution in [0.2, 0.25) is 0 Å². The number of hydrogen-bond acceptors (Lipinski definition) is 6. The Labute approximate surface area is 183 Å². The Kier molecular flexibility index (Phi) is 10.5. The van der Waals surface area contributed by atoms with Crippen molar-refractivity contribution in [1.29, 1.82) is 0 Å². The Balaban J connectivity index is 2.82. The van der Waals surface area contributed by atoms with E-state index < -0.39 is 36.0 Å². The Morgan fingerprint density at radius 2 is 1.61 bits per heavy atom. The molecule has 31 heavy (non-hydrogen) atoms. The predicted octanol–water partition coefficient (Wildman–Crippen LogP) is 1.71. The lowest BCUT2D eigenvalue weighted by molar-refractivity contribution is -0.145. The van der Waals surface area contributed by atoms with E-state index >= 15 is 0 Å². The summed E-state index contributed by atoms with van der Waals surface area (Å²) in [6.45, 7) is 6.94. The van der Waals surface area contributed by atoms with E-state index in [-0.39, 0.29) is 25.0 Å². The third-order valence-electron chi connectivity index (χ3n) is 4.72. The Bertz CT molecular complexity index is 751. The molecule has 1 aromatic carbocycles. The highest BCUT2D eigenvalue weighted by Gasteiger charge is 2.35. The topological polar surface area (TPSA) is 114 Å². The van der Waals surface area contributed by atoms with Gasteiger partial charge in [-0.1, -0.05) is 58.0 Å². The number of ether oxygens (including phenoxy) is 2. The van der Waals surface area contributed by atoms with Gasteiger partial charge in [-0.25, -0.2) is 4.79 Å². The van der Waals surface area contributed by atoms with Gasteiger partial charge in [0.15, 0.2) is 0 Å². The lowest BCUT2D eigenvalue weighted by Gasteiger charge is -2.34. The Morgan fingerprint density at radius 1 is 1.00 bits per heavy atom. The maximum Gasteiger partial charge on any atom is 0.408 e. The minimum atomic E-state index is -0.886. The van der Waals surface area contributed by atoms with Crippen LogP contribution in [0.15, 0.2) is 30.3 Å². The average Bonchev–Trinajstić information content (AvgIpc) is 2.74. The lowest BCUT2D eigenvalue weighted by Crippen LogP contribution is -2.57. The van der Waals surface area contributed by atoms with E-state index in [1.54, 1.807) is 27.7 Å². The first-order valence-electron chi connectivity index (χ1n) is 10.2. The minimum absolute atomic E-state index is 0.0755. The molecular formula is C22H33N3O6. The molecule has 0 aliphatic heterocycles. The van der Waals surface area contributed by atoms with Gasteiger partial charge in [0.25, 0.3) is 0 Å². The summed E-state index contributed by atoms with van der Waals surface area (Å²) in [5.41, 5.74) is 0.823. The second-order valence-electron chi connectivity index (χ2n) is 7.86. The average molecular weight is 436 g/mol. The molecule has 172 valence electrons. The third-order valence-corrected chi connectivity index (χ3v) is 4.72. The number of likely N-dealkylation sites (N-methyl/N-ethyl adjacent to an activating group) is 1. The van der Waals surface area contributed by atoms with E-state index in [4.69, 9.17) is 4.74 Å². The zero-order valence-electron chi connectivity index (χ0n) is 19.0. The monoisotopic (exact) mass is 435 g/mol. The largest absolute Gasteiger partial charge is 0.468 e. The minimum Gasteiger partial charge on any atom is -0.468 e. The van der Waals surface area contributed by atoms with Gasteiger partial charge in [-0.15, -0.1) is 0 Å². The first kappa shape index (κ1) is 25.9. The molecule has 0 unspecified atom stereocenters. The summed E-state index contributed by atoms with van der Waals surface area (Å²) >= 11 is 0. The maximum absolute atomic E-state index is 13.1. The fourth-order valence-corrected chi connectivity index (χ4v) is 3.02. The molecular weight excluding hydrogens is 402 g/mol. The molecule has 0 radical (unpaired) electrons. The molecule has 2 atom stereocenters. The highest BCUT2D eigenvalue weighted by Crippen LogP contribution is 2.14. The third kappa shape index (κ3) is 8.27. The van der Waals surface area contributed by atoms with Crippen LogP contribution in [0.5, 0.6) is 0 Å². The number of rotatable bonds is 10. The van der Waals surface area contributed by atoms with Gasteiger partial charge in [0.2, 0.25) is 11.8 Å². The van der Waals surface area contributed by atoms with E-state index in [1.807, 2.05) is 30.3 Å².